The van der Waals surface area contributed by atoms with Crippen LogP contribution >= 0.6 is 0 Å². The number of aryl methyl sites for hydroxylation is 1. The minimum absolute atomic E-state index is 0.100. The van der Waals surface area contributed by atoms with Gasteiger partial charge in [-0.3, -0.25) is 0 Å². The highest BCUT2D eigenvalue weighted by Crippen LogP contribution is 2.39. The van der Waals surface area contributed by atoms with Crippen molar-refractivity contribution in [3.8, 4) is 0 Å². The average molecular weight is 395 g/mol. The summed E-state index contributed by atoms with van der Waals surface area (Å²) in [6.07, 6.45) is 0.217. The molecule has 1 heterocycles. The lowest BCUT2D eigenvalue weighted by molar-refractivity contribution is 0.277. The first kappa shape index (κ1) is 19.0. The Labute approximate surface area is 155 Å². The molecule has 0 saturated carbocycles. The highest BCUT2D eigenvalue weighted by atomic mass is 32.2. The molecule has 0 aromatic heterocycles. The van der Waals surface area contributed by atoms with E-state index >= 15 is 0 Å². The van der Waals surface area contributed by atoms with Gasteiger partial charge in [0.15, 0.2) is 0 Å². The average Bonchev–Trinajstić information content (AvgIpc) is 2.94. The smallest absolute Gasteiger partial charge is 0.212 e. The Morgan fingerprint density at radius 1 is 0.923 bits per heavy atom. The van der Waals surface area contributed by atoms with Crippen LogP contribution < -0.4 is 0 Å². The van der Waals surface area contributed by atoms with Gasteiger partial charge in [0.1, 0.15) is 6.17 Å². The third-order valence-corrected chi connectivity index (χ3v) is 7.66. The number of sulfonamides is 2. The van der Waals surface area contributed by atoms with E-state index < -0.39 is 32.3 Å². The molecule has 1 fully saturated rings. The summed E-state index contributed by atoms with van der Waals surface area (Å²) in [6.45, 7) is 3.71. The standard InChI is InChI=1S/C18H22N2O4S2/c1-14-9-11-17(12-10-14)26(23,24)19-13-15(2)20(25(3,21)22)18(19)16-7-5-4-6-8-16/h4-12,15,18H,13H2,1-3H3/t15-,18-/m0/s1. The van der Waals surface area contributed by atoms with Gasteiger partial charge in [-0.15, -0.1) is 0 Å². The normalized spacial score (nSPS) is 22.6. The van der Waals surface area contributed by atoms with Crippen molar-refractivity contribution in [2.24, 2.45) is 0 Å². The molecule has 0 radical (unpaired) electrons. The monoisotopic (exact) mass is 394 g/mol. The molecule has 1 saturated heterocycles. The maximum Gasteiger partial charge on any atom is 0.244 e. The zero-order chi connectivity index (χ0) is 19.1. The van der Waals surface area contributed by atoms with Gasteiger partial charge in [-0.05, 0) is 31.5 Å². The van der Waals surface area contributed by atoms with Crippen molar-refractivity contribution in [3.05, 3.63) is 65.7 Å². The van der Waals surface area contributed by atoms with E-state index in [1.165, 1.54) is 8.61 Å². The van der Waals surface area contributed by atoms with Crippen LogP contribution in [0.2, 0.25) is 0 Å². The third-order valence-electron chi connectivity index (χ3n) is 4.50. The molecular formula is C18H22N2O4S2. The van der Waals surface area contributed by atoms with E-state index in [4.69, 9.17) is 0 Å². The summed E-state index contributed by atoms with van der Waals surface area (Å²) < 4.78 is 53.8. The molecule has 2 atom stereocenters. The predicted octanol–water partition coefficient (Wildman–Crippen LogP) is 2.35. The SMILES string of the molecule is Cc1ccc(S(=O)(=O)N2C[C@H](C)N(S(C)(=O)=O)[C@H]2c2ccccc2)cc1. The van der Waals surface area contributed by atoms with Crippen LogP contribution in [0.25, 0.3) is 0 Å². The summed E-state index contributed by atoms with van der Waals surface area (Å²) in [5.41, 5.74) is 1.58. The minimum Gasteiger partial charge on any atom is -0.212 e. The molecule has 0 aliphatic carbocycles. The zero-order valence-electron chi connectivity index (χ0n) is 14.9. The summed E-state index contributed by atoms with van der Waals surface area (Å²) in [5.74, 6) is 0. The summed E-state index contributed by atoms with van der Waals surface area (Å²) in [4.78, 5) is 0.159. The van der Waals surface area contributed by atoms with Crippen molar-refractivity contribution >= 4 is 20.0 Å². The van der Waals surface area contributed by atoms with E-state index in [1.807, 2.05) is 13.0 Å². The number of hydrogen-bond acceptors (Lipinski definition) is 4. The molecule has 1 aliphatic rings. The molecule has 140 valence electrons. The van der Waals surface area contributed by atoms with Gasteiger partial charge in [0.25, 0.3) is 0 Å². The van der Waals surface area contributed by atoms with Crippen LogP contribution in [0.3, 0.4) is 0 Å². The molecule has 1 aliphatic heterocycles. The summed E-state index contributed by atoms with van der Waals surface area (Å²) >= 11 is 0. The van der Waals surface area contributed by atoms with Crippen LogP contribution in [0.15, 0.2) is 59.5 Å². The highest BCUT2D eigenvalue weighted by molar-refractivity contribution is 7.89. The van der Waals surface area contributed by atoms with Gasteiger partial charge >= 0.3 is 0 Å². The Kier molecular flexibility index (Phi) is 4.96. The second-order valence-electron chi connectivity index (χ2n) is 6.61. The van der Waals surface area contributed by atoms with Crippen molar-refractivity contribution in [1.29, 1.82) is 0 Å². The molecular weight excluding hydrogens is 372 g/mol. The predicted molar refractivity (Wildman–Crippen MR) is 100 cm³/mol. The minimum atomic E-state index is -3.85. The van der Waals surface area contributed by atoms with E-state index in [0.29, 0.717) is 5.56 Å². The fourth-order valence-electron chi connectivity index (χ4n) is 3.33. The van der Waals surface area contributed by atoms with Crippen molar-refractivity contribution in [2.45, 2.75) is 31.0 Å². The number of benzene rings is 2. The topological polar surface area (TPSA) is 74.8 Å². The number of hydrogen-bond donors (Lipinski definition) is 0. The van der Waals surface area contributed by atoms with Gasteiger partial charge in [-0.1, -0.05) is 48.0 Å². The lowest BCUT2D eigenvalue weighted by atomic mass is 10.2. The van der Waals surface area contributed by atoms with Crippen molar-refractivity contribution in [3.63, 3.8) is 0 Å². The van der Waals surface area contributed by atoms with Crippen LogP contribution in [0.5, 0.6) is 0 Å². The molecule has 3 rings (SSSR count). The number of nitrogens with zero attached hydrogens (tertiary/aromatic N) is 2. The molecule has 0 N–H and O–H groups in total. The maximum absolute atomic E-state index is 13.3. The molecule has 6 nitrogen and oxygen atoms in total. The van der Waals surface area contributed by atoms with E-state index in [-0.39, 0.29) is 11.4 Å². The molecule has 2 aromatic rings. The van der Waals surface area contributed by atoms with Crippen LogP contribution in [0.1, 0.15) is 24.2 Å². The van der Waals surface area contributed by atoms with E-state index in [1.54, 1.807) is 55.5 Å². The molecule has 2 aromatic carbocycles. The summed E-state index contributed by atoms with van der Waals surface area (Å²) in [7, 11) is -7.46. The maximum atomic E-state index is 13.3. The van der Waals surface area contributed by atoms with Crippen molar-refractivity contribution in [2.75, 3.05) is 12.8 Å². The Morgan fingerprint density at radius 3 is 2.04 bits per heavy atom. The van der Waals surface area contributed by atoms with Crippen molar-refractivity contribution < 1.29 is 16.8 Å². The Hall–Kier alpha value is -1.74. The van der Waals surface area contributed by atoms with Gasteiger partial charge in [0, 0.05) is 12.6 Å². The zero-order valence-corrected chi connectivity index (χ0v) is 16.5. The summed E-state index contributed by atoms with van der Waals surface area (Å²) in [6, 6.07) is 15.0. The van der Waals surface area contributed by atoms with Gasteiger partial charge in [-0.2, -0.15) is 8.61 Å². The third kappa shape index (κ3) is 3.42. The van der Waals surface area contributed by atoms with Gasteiger partial charge < -0.3 is 0 Å². The molecule has 26 heavy (non-hydrogen) atoms. The van der Waals surface area contributed by atoms with E-state index in [9.17, 15) is 16.8 Å². The van der Waals surface area contributed by atoms with E-state index in [2.05, 4.69) is 0 Å². The van der Waals surface area contributed by atoms with Gasteiger partial charge in [0.2, 0.25) is 20.0 Å². The Bertz CT molecular complexity index is 987. The lowest BCUT2D eigenvalue weighted by Crippen LogP contribution is -2.38. The first-order valence-electron chi connectivity index (χ1n) is 8.24. The van der Waals surface area contributed by atoms with Crippen LogP contribution in [0.4, 0.5) is 0 Å². The first-order chi connectivity index (χ1) is 12.1. The quantitative estimate of drug-likeness (QED) is 0.798. The van der Waals surface area contributed by atoms with E-state index in [0.717, 1.165) is 11.8 Å². The first-order valence-corrected chi connectivity index (χ1v) is 11.5. The lowest BCUT2D eigenvalue weighted by Gasteiger charge is -2.29. The van der Waals surface area contributed by atoms with Crippen LogP contribution in [-0.2, 0) is 20.0 Å². The van der Waals surface area contributed by atoms with Gasteiger partial charge in [0.05, 0.1) is 11.2 Å². The Morgan fingerprint density at radius 2 is 1.50 bits per heavy atom. The second kappa shape index (κ2) is 6.77. The fraction of sp³-hybridized carbons (Fsp3) is 0.333. The molecule has 0 amide bonds. The largest absolute Gasteiger partial charge is 0.244 e. The molecule has 0 unspecified atom stereocenters. The van der Waals surface area contributed by atoms with Crippen LogP contribution in [-0.4, -0.2) is 44.3 Å². The highest BCUT2D eigenvalue weighted by Gasteiger charge is 2.48. The van der Waals surface area contributed by atoms with Gasteiger partial charge in [-0.25, -0.2) is 16.8 Å². The number of rotatable bonds is 4. The van der Waals surface area contributed by atoms with Crippen LogP contribution in [0, 0.1) is 6.92 Å². The molecule has 8 heteroatoms. The second-order valence-corrected chi connectivity index (χ2v) is 10.4. The Balaban J connectivity index is 2.14. The molecule has 0 spiro atoms. The van der Waals surface area contributed by atoms with Crippen molar-refractivity contribution in [1.82, 2.24) is 8.61 Å². The fourth-order valence-corrected chi connectivity index (χ4v) is 6.36. The molecule has 0 bridgehead atoms. The summed E-state index contributed by atoms with van der Waals surface area (Å²) in [5, 5.41) is 0.